The molecule has 3 N–H and O–H groups in total. The molecule has 0 bridgehead atoms. The van der Waals surface area contributed by atoms with Gasteiger partial charge < -0.3 is 15.8 Å². The van der Waals surface area contributed by atoms with Crippen molar-refractivity contribution in [2.45, 2.75) is 12.5 Å². The molecule has 2 aromatic rings. The minimum Gasteiger partial charge on any atom is -0.386 e. The molecule has 3 rings (SSSR count). The molecule has 2 heterocycles. The van der Waals surface area contributed by atoms with Gasteiger partial charge in [0, 0.05) is 17.4 Å². The van der Waals surface area contributed by atoms with Crippen molar-refractivity contribution in [3.8, 4) is 0 Å². The smallest absolute Gasteiger partial charge is 0.277 e. The lowest BCUT2D eigenvalue weighted by atomic mass is 9.92. The third-order valence-electron chi connectivity index (χ3n) is 3.85. The van der Waals surface area contributed by atoms with Gasteiger partial charge in [-0.25, -0.2) is 13.8 Å². The highest BCUT2D eigenvalue weighted by molar-refractivity contribution is 6.30. The van der Waals surface area contributed by atoms with E-state index in [4.69, 9.17) is 22.1 Å². The van der Waals surface area contributed by atoms with Crippen molar-refractivity contribution in [3.05, 3.63) is 58.4 Å². The largest absolute Gasteiger partial charge is 0.386 e. The van der Waals surface area contributed by atoms with Crippen LogP contribution in [0.1, 0.15) is 23.0 Å². The number of nitrogens with zero attached hydrogens (tertiary/aromatic N) is 2. The van der Waals surface area contributed by atoms with Crippen molar-refractivity contribution in [1.82, 2.24) is 4.98 Å². The average Bonchev–Trinajstić information content (AvgIpc) is 2.56. The molecule has 0 saturated carbocycles. The van der Waals surface area contributed by atoms with Gasteiger partial charge >= 0.3 is 0 Å². The second-order valence-corrected chi connectivity index (χ2v) is 6.44. The second-order valence-electron chi connectivity index (χ2n) is 6.00. The number of carbonyl (C=O) groups excluding carboxylic acids is 1. The van der Waals surface area contributed by atoms with Crippen LogP contribution >= 0.6 is 24.0 Å². The van der Waals surface area contributed by atoms with Crippen LogP contribution in [0.3, 0.4) is 0 Å². The van der Waals surface area contributed by atoms with E-state index in [1.54, 1.807) is 6.92 Å². The van der Waals surface area contributed by atoms with Crippen LogP contribution in [0.15, 0.2) is 35.5 Å². The van der Waals surface area contributed by atoms with Gasteiger partial charge in [0.15, 0.2) is 11.5 Å². The Balaban J connectivity index is 0.00000261. The Morgan fingerprint density at radius 1 is 1.33 bits per heavy atom. The van der Waals surface area contributed by atoms with E-state index in [1.165, 1.54) is 18.2 Å². The Morgan fingerprint density at radius 3 is 2.74 bits per heavy atom. The number of aromatic nitrogens is 1. The van der Waals surface area contributed by atoms with Gasteiger partial charge in [0.25, 0.3) is 5.91 Å². The number of ether oxygens (including phenoxy) is 1. The van der Waals surface area contributed by atoms with Crippen molar-refractivity contribution >= 4 is 41.4 Å². The Kier molecular flexibility index (Phi) is 6.35. The van der Waals surface area contributed by atoms with Crippen LogP contribution in [0.5, 0.6) is 0 Å². The number of hydrogen-bond acceptors (Lipinski definition) is 5. The molecule has 0 radical (unpaired) electrons. The maximum atomic E-state index is 14.3. The van der Waals surface area contributed by atoms with Crippen LogP contribution in [0, 0.1) is 11.6 Å². The van der Waals surface area contributed by atoms with Crippen molar-refractivity contribution < 1.29 is 18.3 Å². The fourth-order valence-electron chi connectivity index (χ4n) is 2.66. The maximum Gasteiger partial charge on any atom is 0.277 e. The molecule has 10 heteroatoms. The summed E-state index contributed by atoms with van der Waals surface area (Å²) in [6, 6.07) is 4.93. The first-order valence-corrected chi connectivity index (χ1v) is 8.01. The summed E-state index contributed by atoms with van der Waals surface area (Å²) in [6.45, 7) is 1.98. The Labute approximate surface area is 165 Å². The van der Waals surface area contributed by atoms with Crippen molar-refractivity contribution in [2.24, 2.45) is 10.7 Å². The first-order valence-electron chi connectivity index (χ1n) is 7.63. The minimum absolute atomic E-state index is 0. The molecule has 1 amide bonds. The molecule has 27 heavy (non-hydrogen) atoms. The molecule has 0 aliphatic carbocycles. The fraction of sp³-hybridized carbons (Fsp3) is 0.235. The standard InChI is InChI=1S/C17H15ClF2N4O2.ClH/c1-17(8-26-7-14(21)24-17)11-5-10(2-3-12(11)19)23-16(25)15-13(20)4-9(18)6-22-15;/h2-6H,7-8H2,1H3,(H2,21,24)(H,23,25);1H. The number of benzene rings is 1. The summed E-state index contributed by atoms with van der Waals surface area (Å²) in [7, 11) is 0. The molecule has 1 aliphatic rings. The van der Waals surface area contributed by atoms with E-state index in [2.05, 4.69) is 15.3 Å². The molecule has 6 nitrogen and oxygen atoms in total. The number of amides is 1. The first-order chi connectivity index (χ1) is 12.3. The molecule has 1 aromatic heterocycles. The summed E-state index contributed by atoms with van der Waals surface area (Å²) in [5.41, 5.74) is 4.69. The summed E-state index contributed by atoms with van der Waals surface area (Å²) in [5.74, 6) is -1.92. The monoisotopic (exact) mass is 416 g/mol. The molecular weight excluding hydrogens is 401 g/mol. The van der Waals surface area contributed by atoms with E-state index in [9.17, 15) is 13.6 Å². The number of nitrogens with one attached hydrogen (secondary N) is 1. The zero-order chi connectivity index (χ0) is 18.9. The zero-order valence-corrected chi connectivity index (χ0v) is 15.7. The van der Waals surface area contributed by atoms with Gasteiger partial charge in [-0.15, -0.1) is 12.4 Å². The lowest BCUT2D eigenvalue weighted by molar-refractivity contribution is 0.101. The topological polar surface area (TPSA) is 89.6 Å². The number of rotatable bonds is 3. The first kappa shape index (κ1) is 21.0. The van der Waals surface area contributed by atoms with Crippen LogP contribution < -0.4 is 11.1 Å². The third kappa shape index (κ3) is 4.52. The van der Waals surface area contributed by atoms with Gasteiger partial charge in [0.05, 0.1) is 11.6 Å². The summed E-state index contributed by atoms with van der Waals surface area (Å²) < 4.78 is 33.5. The van der Waals surface area contributed by atoms with E-state index in [0.717, 1.165) is 12.3 Å². The third-order valence-corrected chi connectivity index (χ3v) is 4.06. The number of anilines is 1. The van der Waals surface area contributed by atoms with Crippen LogP contribution in [0.4, 0.5) is 14.5 Å². The van der Waals surface area contributed by atoms with Crippen molar-refractivity contribution in [2.75, 3.05) is 18.5 Å². The normalized spacial score (nSPS) is 19.0. The van der Waals surface area contributed by atoms with Crippen LogP contribution in [-0.4, -0.2) is 29.9 Å². The van der Waals surface area contributed by atoms with E-state index in [1.807, 2.05) is 0 Å². The highest BCUT2D eigenvalue weighted by atomic mass is 35.5. The van der Waals surface area contributed by atoms with Crippen LogP contribution in [0.2, 0.25) is 5.02 Å². The van der Waals surface area contributed by atoms with Crippen LogP contribution in [-0.2, 0) is 10.3 Å². The Bertz CT molecular complexity index is 910. The van der Waals surface area contributed by atoms with Crippen LogP contribution in [0.25, 0.3) is 0 Å². The van der Waals surface area contributed by atoms with Gasteiger partial charge in [-0.05, 0) is 31.2 Å². The summed E-state index contributed by atoms with van der Waals surface area (Å²) in [6.07, 6.45) is 1.16. The summed E-state index contributed by atoms with van der Waals surface area (Å²) in [5, 5.41) is 2.55. The SMILES string of the molecule is CC1(c2cc(NC(=O)c3ncc(Cl)cc3F)ccc2F)COCC(N)=N1.Cl. The van der Waals surface area contributed by atoms with E-state index in [-0.39, 0.29) is 47.7 Å². The number of hydrogen-bond donors (Lipinski definition) is 2. The number of halogens is 4. The summed E-state index contributed by atoms with van der Waals surface area (Å²) >= 11 is 5.62. The number of carbonyl (C=O) groups is 1. The maximum absolute atomic E-state index is 14.3. The van der Waals surface area contributed by atoms with Gasteiger partial charge in [-0.1, -0.05) is 11.6 Å². The van der Waals surface area contributed by atoms with Crippen molar-refractivity contribution in [3.63, 3.8) is 0 Å². The molecule has 0 fully saturated rings. The molecule has 144 valence electrons. The highest BCUT2D eigenvalue weighted by Crippen LogP contribution is 2.32. The van der Waals surface area contributed by atoms with Gasteiger partial charge in [0.2, 0.25) is 0 Å². The molecule has 1 atom stereocenters. The molecule has 1 aliphatic heterocycles. The second kappa shape index (κ2) is 8.16. The highest BCUT2D eigenvalue weighted by Gasteiger charge is 2.33. The van der Waals surface area contributed by atoms with Gasteiger partial charge in [0.1, 0.15) is 23.8 Å². The zero-order valence-electron chi connectivity index (χ0n) is 14.1. The molecule has 0 spiro atoms. The molecule has 0 saturated heterocycles. The number of pyridine rings is 1. The lowest BCUT2D eigenvalue weighted by Crippen LogP contribution is -2.38. The number of amidine groups is 1. The number of nitrogens with two attached hydrogens (primary N) is 1. The van der Waals surface area contributed by atoms with E-state index >= 15 is 0 Å². The predicted octanol–water partition coefficient (Wildman–Crippen LogP) is 3.29. The number of aliphatic imine (C=N–C) groups is 1. The summed E-state index contributed by atoms with van der Waals surface area (Å²) in [4.78, 5) is 20.2. The van der Waals surface area contributed by atoms with E-state index in [0.29, 0.717) is 0 Å². The Hall–Kier alpha value is -2.29. The minimum atomic E-state index is -1.03. The predicted molar refractivity (Wildman–Crippen MR) is 101 cm³/mol. The molecule has 1 aromatic carbocycles. The van der Waals surface area contributed by atoms with Crippen molar-refractivity contribution in [1.29, 1.82) is 0 Å². The quantitative estimate of drug-likeness (QED) is 0.802. The van der Waals surface area contributed by atoms with Gasteiger partial charge in [-0.3, -0.25) is 9.79 Å². The molecular formula is C17H16Cl2F2N4O2. The average molecular weight is 417 g/mol. The lowest BCUT2D eigenvalue weighted by Gasteiger charge is -2.30. The van der Waals surface area contributed by atoms with E-state index < -0.39 is 28.8 Å². The Morgan fingerprint density at radius 2 is 2.07 bits per heavy atom. The van der Waals surface area contributed by atoms with Gasteiger partial charge in [-0.2, -0.15) is 0 Å². The molecule has 1 unspecified atom stereocenters. The fourth-order valence-corrected chi connectivity index (χ4v) is 2.81.